The molecule has 1 aromatic rings. The minimum atomic E-state index is -0.518. The van der Waals surface area contributed by atoms with Gasteiger partial charge in [0.05, 0.1) is 17.8 Å². The van der Waals surface area contributed by atoms with E-state index in [1.54, 1.807) is 11.0 Å². The zero-order valence-electron chi connectivity index (χ0n) is 12.5. The van der Waals surface area contributed by atoms with Crippen molar-refractivity contribution >= 4 is 6.09 Å². The van der Waals surface area contributed by atoms with Crippen molar-refractivity contribution in [2.24, 2.45) is 0 Å². The first-order valence-corrected chi connectivity index (χ1v) is 6.72. The zero-order chi connectivity index (χ0) is 15.1. The summed E-state index contributed by atoms with van der Waals surface area (Å²) in [5.41, 5.74) is 0.728. The molecule has 0 bridgehead atoms. The summed E-state index contributed by atoms with van der Waals surface area (Å²) in [7, 11) is 0. The van der Waals surface area contributed by atoms with Crippen LogP contribution in [0, 0.1) is 11.3 Å². The van der Waals surface area contributed by atoms with Gasteiger partial charge in [0.2, 0.25) is 0 Å². The van der Waals surface area contributed by atoms with Crippen molar-refractivity contribution in [2.45, 2.75) is 52.3 Å². The van der Waals surface area contributed by atoms with Gasteiger partial charge < -0.3 is 4.74 Å². The van der Waals surface area contributed by atoms with Crippen LogP contribution in [0.5, 0.6) is 0 Å². The third-order valence-corrected chi connectivity index (χ3v) is 3.28. The fourth-order valence-corrected chi connectivity index (χ4v) is 2.36. The maximum Gasteiger partial charge on any atom is 0.410 e. The van der Waals surface area contributed by atoms with E-state index in [1.807, 2.05) is 45.4 Å². The van der Waals surface area contributed by atoms with Crippen LogP contribution >= 0.6 is 0 Å². The lowest BCUT2D eigenvalue weighted by atomic mass is 10.1. The second-order valence-corrected chi connectivity index (χ2v) is 6.17. The third kappa shape index (κ3) is 2.62. The average molecular weight is 276 g/mol. The lowest BCUT2D eigenvalue weighted by molar-refractivity contribution is 0.00865. The molecule has 108 valence electrons. The Morgan fingerprint density at radius 2 is 2.15 bits per heavy atom. The highest BCUT2D eigenvalue weighted by Gasteiger charge is 2.35. The molecule has 0 fully saturated rings. The number of hydrogen-bond donors (Lipinski definition) is 0. The Bertz CT molecular complexity index is 565. The van der Waals surface area contributed by atoms with Crippen LogP contribution in [-0.2, 0) is 4.74 Å². The monoisotopic (exact) mass is 276 g/mol. The molecule has 20 heavy (non-hydrogen) atoms. The lowest BCUT2D eigenvalue weighted by Crippen LogP contribution is -2.45. The number of hydrogen-bond acceptors (Lipinski definition) is 4. The van der Waals surface area contributed by atoms with E-state index in [-0.39, 0.29) is 18.2 Å². The summed E-state index contributed by atoms with van der Waals surface area (Å²) >= 11 is 0. The SMILES string of the molecule is CC1c2cc(C#N)nn2C(C)CN1C(=O)OC(C)(C)C. The van der Waals surface area contributed by atoms with Crippen molar-refractivity contribution in [1.29, 1.82) is 5.26 Å². The third-order valence-electron chi connectivity index (χ3n) is 3.28. The first kappa shape index (κ1) is 14.4. The fourth-order valence-electron chi connectivity index (χ4n) is 2.36. The minimum Gasteiger partial charge on any atom is -0.444 e. The van der Waals surface area contributed by atoms with Crippen molar-refractivity contribution < 1.29 is 9.53 Å². The quantitative estimate of drug-likeness (QED) is 0.730. The number of carbonyl (C=O) groups excluding carboxylic acids is 1. The van der Waals surface area contributed by atoms with Gasteiger partial charge in [0.15, 0.2) is 5.69 Å². The molecule has 0 saturated heterocycles. The van der Waals surface area contributed by atoms with E-state index >= 15 is 0 Å². The van der Waals surface area contributed by atoms with Crippen LogP contribution in [0.25, 0.3) is 0 Å². The van der Waals surface area contributed by atoms with Gasteiger partial charge in [0.25, 0.3) is 0 Å². The molecule has 0 spiro atoms. The van der Waals surface area contributed by atoms with E-state index < -0.39 is 5.60 Å². The summed E-state index contributed by atoms with van der Waals surface area (Å²) in [6.07, 6.45) is -0.331. The molecule has 0 saturated carbocycles. The summed E-state index contributed by atoms with van der Waals surface area (Å²) in [5, 5.41) is 13.2. The highest BCUT2D eigenvalue weighted by Crippen LogP contribution is 2.31. The highest BCUT2D eigenvalue weighted by molar-refractivity contribution is 5.69. The van der Waals surface area contributed by atoms with Gasteiger partial charge in [0.1, 0.15) is 11.7 Å². The Kier molecular flexibility index (Phi) is 3.46. The van der Waals surface area contributed by atoms with E-state index in [9.17, 15) is 4.79 Å². The molecule has 1 aliphatic heterocycles. The second-order valence-electron chi connectivity index (χ2n) is 6.17. The molecule has 2 heterocycles. The largest absolute Gasteiger partial charge is 0.444 e. The molecule has 1 amide bonds. The molecule has 0 N–H and O–H groups in total. The topological polar surface area (TPSA) is 71.2 Å². The van der Waals surface area contributed by atoms with Crippen LogP contribution in [0.2, 0.25) is 0 Å². The predicted octanol–water partition coefficient (Wildman–Crippen LogP) is 2.63. The normalized spacial score (nSPS) is 22.1. The summed E-state index contributed by atoms with van der Waals surface area (Å²) in [6, 6.07) is 3.64. The fraction of sp³-hybridized carbons (Fsp3) is 0.643. The summed E-state index contributed by atoms with van der Waals surface area (Å²) in [5.74, 6) is 0. The molecule has 0 radical (unpaired) electrons. The van der Waals surface area contributed by atoms with E-state index in [0.29, 0.717) is 12.2 Å². The Hall–Kier alpha value is -2.03. The zero-order valence-corrected chi connectivity index (χ0v) is 12.5. The van der Waals surface area contributed by atoms with Crippen molar-refractivity contribution in [3.63, 3.8) is 0 Å². The number of rotatable bonds is 0. The second kappa shape index (κ2) is 4.82. The minimum absolute atomic E-state index is 0.0239. The average Bonchev–Trinajstić information content (AvgIpc) is 2.76. The predicted molar refractivity (Wildman–Crippen MR) is 73.0 cm³/mol. The molecule has 2 rings (SSSR count). The maximum atomic E-state index is 12.3. The van der Waals surface area contributed by atoms with Gasteiger partial charge in [-0.15, -0.1) is 0 Å². The van der Waals surface area contributed by atoms with Crippen molar-refractivity contribution in [3.05, 3.63) is 17.5 Å². The van der Waals surface area contributed by atoms with Crippen molar-refractivity contribution in [2.75, 3.05) is 6.54 Å². The molecule has 1 aliphatic rings. The van der Waals surface area contributed by atoms with Gasteiger partial charge in [-0.1, -0.05) is 0 Å². The summed E-state index contributed by atoms with van der Waals surface area (Å²) in [6.45, 7) is 9.96. The van der Waals surface area contributed by atoms with Crippen LogP contribution in [0.1, 0.15) is 58.1 Å². The molecule has 1 aromatic heterocycles. The van der Waals surface area contributed by atoms with Gasteiger partial charge in [-0.05, 0) is 40.7 Å². The lowest BCUT2D eigenvalue weighted by Gasteiger charge is -2.38. The first-order chi connectivity index (χ1) is 9.23. The Morgan fingerprint density at radius 3 is 2.70 bits per heavy atom. The molecule has 6 nitrogen and oxygen atoms in total. The molecule has 2 atom stereocenters. The van der Waals surface area contributed by atoms with E-state index in [1.165, 1.54) is 0 Å². The number of ether oxygens (including phenoxy) is 1. The molecular formula is C14H20N4O2. The molecule has 6 heteroatoms. The number of fused-ring (bicyclic) bond motifs is 1. The molecular weight excluding hydrogens is 256 g/mol. The van der Waals surface area contributed by atoms with Crippen LogP contribution in [0.4, 0.5) is 4.79 Å². The smallest absolute Gasteiger partial charge is 0.410 e. The van der Waals surface area contributed by atoms with E-state index in [4.69, 9.17) is 10.00 Å². The van der Waals surface area contributed by atoms with Crippen LogP contribution in [0.3, 0.4) is 0 Å². The summed E-state index contributed by atoms with van der Waals surface area (Å²) < 4.78 is 7.26. The number of carbonyl (C=O) groups is 1. The van der Waals surface area contributed by atoms with Crippen LogP contribution in [0.15, 0.2) is 6.07 Å². The summed E-state index contributed by atoms with van der Waals surface area (Å²) in [4.78, 5) is 14.0. The number of amides is 1. The standard InChI is InChI=1S/C14H20N4O2/c1-9-8-17(13(19)20-14(3,4)5)10(2)12-6-11(7-15)16-18(9)12/h6,9-10H,8H2,1-5H3. The Labute approximate surface area is 118 Å². The molecule has 0 aromatic carbocycles. The van der Waals surface area contributed by atoms with Gasteiger partial charge in [-0.3, -0.25) is 9.58 Å². The van der Waals surface area contributed by atoms with E-state index in [0.717, 1.165) is 5.69 Å². The van der Waals surface area contributed by atoms with Crippen molar-refractivity contribution in [3.8, 4) is 6.07 Å². The maximum absolute atomic E-state index is 12.3. The van der Waals surface area contributed by atoms with Gasteiger partial charge >= 0.3 is 6.09 Å². The van der Waals surface area contributed by atoms with Crippen molar-refractivity contribution in [1.82, 2.24) is 14.7 Å². The first-order valence-electron chi connectivity index (χ1n) is 6.72. The van der Waals surface area contributed by atoms with Crippen LogP contribution in [-0.4, -0.2) is 32.9 Å². The number of nitrogens with zero attached hydrogens (tertiary/aromatic N) is 4. The number of nitriles is 1. The van der Waals surface area contributed by atoms with Gasteiger partial charge in [-0.2, -0.15) is 10.4 Å². The highest BCUT2D eigenvalue weighted by atomic mass is 16.6. The Balaban J connectivity index is 2.28. The number of aromatic nitrogens is 2. The van der Waals surface area contributed by atoms with Crippen LogP contribution < -0.4 is 0 Å². The van der Waals surface area contributed by atoms with Gasteiger partial charge in [0, 0.05) is 6.54 Å². The Morgan fingerprint density at radius 1 is 1.50 bits per heavy atom. The molecule has 0 aliphatic carbocycles. The molecule has 2 unspecified atom stereocenters. The van der Waals surface area contributed by atoms with Gasteiger partial charge in [-0.25, -0.2) is 4.79 Å². The van der Waals surface area contributed by atoms with E-state index in [2.05, 4.69) is 5.10 Å².